The second kappa shape index (κ2) is 7.12. The van der Waals surface area contributed by atoms with Gasteiger partial charge in [0, 0.05) is 10.9 Å². The zero-order chi connectivity index (χ0) is 14.5. The van der Waals surface area contributed by atoms with Crippen molar-refractivity contribution in [1.82, 2.24) is 0 Å². The first-order valence-electron chi connectivity index (χ1n) is 7.53. The summed E-state index contributed by atoms with van der Waals surface area (Å²) in [6, 6.07) is 5.75. The van der Waals surface area contributed by atoms with Gasteiger partial charge in [-0.2, -0.15) is 0 Å². The Morgan fingerprint density at radius 2 is 2.00 bits per heavy atom. The zero-order valence-corrected chi connectivity index (χ0v) is 13.1. The van der Waals surface area contributed by atoms with Gasteiger partial charge in [-0.05, 0) is 42.5 Å². The van der Waals surface area contributed by atoms with E-state index in [2.05, 4.69) is 0 Å². The van der Waals surface area contributed by atoms with Gasteiger partial charge in [0.2, 0.25) is 0 Å². The van der Waals surface area contributed by atoms with Crippen LogP contribution < -0.4 is 4.74 Å². The van der Waals surface area contributed by atoms with E-state index in [0.717, 1.165) is 10.8 Å². The van der Waals surface area contributed by atoms with Crippen LogP contribution in [0.3, 0.4) is 0 Å². The molecule has 1 aliphatic carbocycles. The third-order valence-electron chi connectivity index (χ3n) is 4.03. The lowest BCUT2D eigenvalue weighted by atomic mass is 9.84. The molecular weight excluding hydrogens is 272 g/mol. The zero-order valence-electron chi connectivity index (χ0n) is 12.3. The Balaban J connectivity index is 2.12. The molecule has 2 nitrogen and oxygen atoms in total. The van der Waals surface area contributed by atoms with E-state index < -0.39 is 0 Å². The van der Waals surface area contributed by atoms with E-state index in [9.17, 15) is 4.79 Å². The van der Waals surface area contributed by atoms with E-state index in [0.29, 0.717) is 5.92 Å². The average molecular weight is 295 g/mol. The van der Waals surface area contributed by atoms with Gasteiger partial charge in [0.15, 0.2) is 5.78 Å². The maximum absolute atomic E-state index is 11.7. The first-order valence-corrected chi connectivity index (χ1v) is 7.90. The SMILES string of the molecule is CC(C)C(=O)COc1ccc(Cl)cc1C1CCCCC1. The molecule has 1 aromatic carbocycles. The summed E-state index contributed by atoms with van der Waals surface area (Å²) in [5, 5.41) is 0.744. The molecule has 1 aliphatic rings. The summed E-state index contributed by atoms with van der Waals surface area (Å²) in [7, 11) is 0. The number of hydrogen-bond donors (Lipinski definition) is 0. The quantitative estimate of drug-likeness (QED) is 0.764. The second-order valence-corrected chi connectivity index (χ2v) is 6.36. The fourth-order valence-electron chi connectivity index (χ4n) is 2.70. The van der Waals surface area contributed by atoms with Gasteiger partial charge in [0.1, 0.15) is 12.4 Å². The lowest BCUT2D eigenvalue weighted by Gasteiger charge is -2.24. The van der Waals surface area contributed by atoms with Crippen LogP contribution in [-0.4, -0.2) is 12.4 Å². The summed E-state index contributed by atoms with van der Waals surface area (Å²) in [5.41, 5.74) is 1.17. The molecule has 0 spiro atoms. The lowest BCUT2D eigenvalue weighted by molar-refractivity contribution is -0.123. The number of halogens is 1. The Morgan fingerprint density at radius 1 is 1.30 bits per heavy atom. The Bertz CT molecular complexity index is 462. The van der Waals surface area contributed by atoms with Crippen LogP contribution in [0, 0.1) is 5.92 Å². The predicted molar refractivity (Wildman–Crippen MR) is 82.6 cm³/mol. The van der Waals surface area contributed by atoms with Crippen LogP contribution in [0.25, 0.3) is 0 Å². The van der Waals surface area contributed by atoms with Crippen LogP contribution in [0.1, 0.15) is 57.4 Å². The highest BCUT2D eigenvalue weighted by atomic mass is 35.5. The molecule has 1 saturated carbocycles. The number of benzene rings is 1. The number of Topliss-reactive ketones (excluding diaryl/α,β-unsaturated/α-hetero) is 1. The minimum Gasteiger partial charge on any atom is -0.486 e. The van der Waals surface area contributed by atoms with Gasteiger partial charge in [0.25, 0.3) is 0 Å². The van der Waals surface area contributed by atoms with E-state index >= 15 is 0 Å². The van der Waals surface area contributed by atoms with E-state index in [-0.39, 0.29) is 18.3 Å². The van der Waals surface area contributed by atoms with Gasteiger partial charge in [-0.3, -0.25) is 4.79 Å². The topological polar surface area (TPSA) is 26.3 Å². The molecule has 0 heterocycles. The normalized spacial score (nSPS) is 16.4. The van der Waals surface area contributed by atoms with Crippen molar-refractivity contribution in [1.29, 1.82) is 0 Å². The molecule has 0 N–H and O–H groups in total. The first kappa shape index (κ1) is 15.4. The van der Waals surface area contributed by atoms with Gasteiger partial charge in [0.05, 0.1) is 0 Å². The summed E-state index contributed by atoms with van der Waals surface area (Å²) in [4.78, 5) is 11.7. The summed E-state index contributed by atoms with van der Waals surface area (Å²) in [6.45, 7) is 3.95. The Labute approximate surface area is 126 Å². The minimum atomic E-state index is 0.0143. The monoisotopic (exact) mass is 294 g/mol. The van der Waals surface area contributed by atoms with Gasteiger partial charge in [-0.25, -0.2) is 0 Å². The fourth-order valence-corrected chi connectivity index (χ4v) is 2.88. The van der Waals surface area contributed by atoms with Crippen molar-refractivity contribution < 1.29 is 9.53 Å². The summed E-state index contributed by atoms with van der Waals surface area (Å²) in [6.07, 6.45) is 6.23. The number of ketones is 1. The number of ether oxygens (including phenoxy) is 1. The molecule has 1 fully saturated rings. The Hall–Kier alpha value is -1.02. The Kier molecular flexibility index (Phi) is 5.47. The highest BCUT2D eigenvalue weighted by Gasteiger charge is 2.20. The predicted octanol–water partition coefficient (Wildman–Crippen LogP) is 4.99. The standard InChI is InChI=1S/C17H23ClO2/c1-12(2)16(19)11-20-17-9-8-14(18)10-15(17)13-6-4-3-5-7-13/h8-10,12-13H,3-7,11H2,1-2H3. The molecule has 0 aromatic heterocycles. The van der Waals surface area contributed by atoms with Crippen molar-refractivity contribution >= 4 is 17.4 Å². The summed E-state index contributed by atoms with van der Waals surface area (Å²) < 4.78 is 5.76. The molecule has 0 saturated heterocycles. The number of carbonyl (C=O) groups is 1. The molecular formula is C17H23ClO2. The van der Waals surface area contributed by atoms with Crippen LogP contribution in [0.5, 0.6) is 5.75 Å². The molecule has 3 heteroatoms. The van der Waals surface area contributed by atoms with Crippen molar-refractivity contribution in [2.24, 2.45) is 5.92 Å². The Morgan fingerprint density at radius 3 is 2.65 bits per heavy atom. The van der Waals surface area contributed by atoms with Gasteiger partial charge in [-0.1, -0.05) is 44.7 Å². The second-order valence-electron chi connectivity index (χ2n) is 5.93. The highest BCUT2D eigenvalue weighted by Crippen LogP contribution is 2.38. The average Bonchev–Trinajstić information content (AvgIpc) is 2.46. The van der Waals surface area contributed by atoms with Gasteiger partial charge >= 0.3 is 0 Å². The van der Waals surface area contributed by atoms with Crippen LogP contribution >= 0.6 is 11.6 Å². The molecule has 0 aliphatic heterocycles. The number of rotatable bonds is 5. The molecule has 0 unspecified atom stereocenters. The van der Waals surface area contributed by atoms with E-state index in [1.165, 1.54) is 37.7 Å². The van der Waals surface area contributed by atoms with Gasteiger partial charge in [-0.15, -0.1) is 0 Å². The van der Waals surface area contributed by atoms with E-state index in [1.807, 2.05) is 32.0 Å². The first-order chi connectivity index (χ1) is 9.58. The van der Waals surface area contributed by atoms with Gasteiger partial charge < -0.3 is 4.74 Å². The molecule has 0 atom stereocenters. The van der Waals surface area contributed by atoms with E-state index in [4.69, 9.17) is 16.3 Å². The molecule has 0 radical (unpaired) electrons. The molecule has 0 amide bonds. The minimum absolute atomic E-state index is 0.0143. The molecule has 1 aromatic rings. The molecule has 0 bridgehead atoms. The summed E-state index contributed by atoms with van der Waals surface area (Å²) in [5.74, 6) is 1.50. The summed E-state index contributed by atoms with van der Waals surface area (Å²) >= 11 is 6.13. The third-order valence-corrected chi connectivity index (χ3v) is 4.27. The smallest absolute Gasteiger partial charge is 0.172 e. The van der Waals surface area contributed by atoms with Crippen molar-refractivity contribution in [3.05, 3.63) is 28.8 Å². The maximum Gasteiger partial charge on any atom is 0.172 e. The molecule has 110 valence electrons. The number of carbonyl (C=O) groups excluding carboxylic acids is 1. The number of hydrogen-bond acceptors (Lipinski definition) is 2. The maximum atomic E-state index is 11.7. The lowest BCUT2D eigenvalue weighted by Crippen LogP contribution is -2.18. The molecule has 20 heavy (non-hydrogen) atoms. The van der Waals surface area contributed by atoms with Crippen molar-refractivity contribution in [2.45, 2.75) is 51.9 Å². The van der Waals surface area contributed by atoms with Crippen molar-refractivity contribution in [2.75, 3.05) is 6.61 Å². The highest BCUT2D eigenvalue weighted by molar-refractivity contribution is 6.30. The van der Waals surface area contributed by atoms with Crippen molar-refractivity contribution in [3.8, 4) is 5.75 Å². The largest absolute Gasteiger partial charge is 0.486 e. The van der Waals surface area contributed by atoms with E-state index in [1.54, 1.807) is 0 Å². The van der Waals surface area contributed by atoms with Crippen LogP contribution in [-0.2, 0) is 4.79 Å². The molecule has 2 rings (SSSR count). The fraction of sp³-hybridized carbons (Fsp3) is 0.588. The van der Waals surface area contributed by atoms with Crippen LogP contribution in [0.15, 0.2) is 18.2 Å². The van der Waals surface area contributed by atoms with Crippen LogP contribution in [0.4, 0.5) is 0 Å². The third kappa shape index (κ3) is 3.99. The van der Waals surface area contributed by atoms with Crippen LogP contribution in [0.2, 0.25) is 5.02 Å². The van der Waals surface area contributed by atoms with Crippen molar-refractivity contribution in [3.63, 3.8) is 0 Å².